The monoisotopic (exact) mass is 357 g/mol. The number of benzene rings is 2. The van der Waals surface area contributed by atoms with Crippen molar-refractivity contribution in [2.24, 2.45) is 0 Å². The van der Waals surface area contributed by atoms with Crippen molar-refractivity contribution in [3.05, 3.63) is 78.1 Å². The van der Waals surface area contributed by atoms with Crippen LogP contribution in [0.1, 0.15) is 57.2 Å². The summed E-state index contributed by atoms with van der Waals surface area (Å²) in [6.07, 6.45) is 10.8. The predicted molar refractivity (Wildman–Crippen MR) is 117 cm³/mol. The van der Waals surface area contributed by atoms with Crippen LogP contribution in [0.3, 0.4) is 0 Å². The van der Waals surface area contributed by atoms with Gasteiger partial charge in [-0.05, 0) is 47.6 Å². The molecule has 0 atom stereocenters. The molecular formula is C26H31N. The van der Waals surface area contributed by atoms with E-state index in [1.807, 2.05) is 6.20 Å². The standard InChI is InChI=1S/C26H31N/c1-3-5-6-7-8-9-26-19-18-25(20-27-26)24-16-14-23(15-17-24)22-12-10-21(4-2)11-13-22/h10-20H,3-9H2,1-2H3. The number of hydrogen-bond acceptors (Lipinski definition) is 1. The molecule has 0 spiro atoms. The Bertz CT molecular complexity index is 798. The first-order chi connectivity index (χ1) is 13.3. The van der Waals surface area contributed by atoms with E-state index in [0.29, 0.717) is 0 Å². The highest BCUT2D eigenvalue weighted by atomic mass is 14.7. The van der Waals surface area contributed by atoms with Gasteiger partial charge in [-0.3, -0.25) is 4.98 Å². The molecule has 0 radical (unpaired) electrons. The highest BCUT2D eigenvalue weighted by molar-refractivity contribution is 5.70. The lowest BCUT2D eigenvalue weighted by Crippen LogP contribution is -1.91. The Hall–Kier alpha value is -2.41. The SMILES string of the molecule is CCCCCCCc1ccc(-c2ccc(-c3ccc(CC)cc3)cc2)cn1. The fourth-order valence-corrected chi connectivity index (χ4v) is 3.44. The van der Waals surface area contributed by atoms with Gasteiger partial charge in [0.25, 0.3) is 0 Å². The van der Waals surface area contributed by atoms with Crippen molar-refractivity contribution >= 4 is 0 Å². The first-order valence-corrected chi connectivity index (χ1v) is 10.4. The minimum Gasteiger partial charge on any atom is -0.261 e. The lowest BCUT2D eigenvalue weighted by molar-refractivity contribution is 0.628. The Kier molecular flexibility index (Phi) is 7.21. The van der Waals surface area contributed by atoms with Crippen molar-refractivity contribution < 1.29 is 0 Å². The van der Waals surface area contributed by atoms with E-state index in [9.17, 15) is 0 Å². The molecule has 0 aliphatic carbocycles. The molecule has 1 aromatic heterocycles. The molecule has 3 rings (SSSR count). The van der Waals surface area contributed by atoms with E-state index in [0.717, 1.165) is 12.8 Å². The number of hydrogen-bond donors (Lipinski definition) is 0. The maximum Gasteiger partial charge on any atom is 0.0404 e. The summed E-state index contributed by atoms with van der Waals surface area (Å²) >= 11 is 0. The van der Waals surface area contributed by atoms with Crippen LogP contribution < -0.4 is 0 Å². The summed E-state index contributed by atoms with van der Waals surface area (Å²) in [5.74, 6) is 0. The maximum atomic E-state index is 4.67. The Morgan fingerprint density at radius 3 is 1.70 bits per heavy atom. The first-order valence-electron chi connectivity index (χ1n) is 10.4. The molecule has 1 heteroatoms. The smallest absolute Gasteiger partial charge is 0.0404 e. The van der Waals surface area contributed by atoms with Crippen LogP contribution in [0.25, 0.3) is 22.3 Å². The van der Waals surface area contributed by atoms with E-state index in [-0.39, 0.29) is 0 Å². The fourth-order valence-electron chi connectivity index (χ4n) is 3.44. The molecule has 3 aromatic rings. The van der Waals surface area contributed by atoms with Crippen LogP contribution in [0, 0.1) is 0 Å². The molecule has 0 N–H and O–H groups in total. The van der Waals surface area contributed by atoms with Crippen LogP contribution in [-0.2, 0) is 12.8 Å². The molecule has 0 saturated heterocycles. The van der Waals surface area contributed by atoms with Crippen LogP contribution in [0.5, 0.6) is 0 Å². The summed E-state index contributed by atoms with van der Waals surface area (Å²) in [7, 11) is 0. The van der Waals surface area contributed by atoms with Crippen molar-refractivity contribution in [2.75, 3.05) is 0 Å². The summed E-state index contributed by atoms with van der Waals surface area (Å²) in [5, 5.41) is 0. The fraction of sp³-hybridized carbons (Fsp3) is 0.346. The number of unbranched alkanes of at least 4 members (excludes halogenated alkanes) is 4. The molecule has 0 fully saturated rings. The van der Waals surface area contributed by atoms with Crippen LogP contribution in [0.15, 0.2) is 66.9 Å². The summed E-state index contributed by atoms with van der Waals surface area (Å²) in [6.45, 7) is 4.45. The maximum absolute atomic E-state index is 4.67. The van der Waals surface area contributed by atoms with Gasteiger partial charge in [0.1, 0.15) is 0 Å². The molecule has 0 bridgehead atoms. The summed E-state index contributed by atoms with van der Waals surface area (Å²) in [5.41, 5.74) is 7.55. The van der Waals surface area contributed by atoms with Gasteiger partial charge < -0.3 is 0 Å². The van der Waals surface area contributed by atoms with Crippen molar-refractivity contribution in [1.29, 1.82) is 0 Å². The zero-order chi connectivity index (χ0) is 18.9. The molecule has 27 heavy (non-hydrogen) atoms. The zero-order valence-corrected chi connectivity index (χ0v) is 16.7. The second-order valence-corrected chi connectivity index (χ2v) is 7.33. The lowest BCUT2D eigenvalue weighted by Gasteiger charge is -2.07. The van der Waals surface area contributed by atoms with E-state index in [2.05, 4.69) is 79.5 Å². The van der Waals surface area contributed by atoms with Gasteiger partial charge in [0.05, 0.1) is 0 Å². The summed E-state index contributed by atoms with van der Waals surface area (Å²) in [6, 6.07) is 22.1. The summed E-state index contributed by atoms with van der Waals surface area (Å²) in [4.78, 5) is 4.67. The quantitative estimate of drug-likeness (QED) is 0.361. The molecule has 1 nitrogen and oxygen atoms in total. The van der Waals surface area contributed by atoms with Crippen LogP contribution >= 0.6 is 0 Å². The molecule has 0 saturated carbocycles. The van der Waals surface area contributed by atoms with Gasteiger partial charge in [0, 0.05) is 17.5 Å². The number of aryl methyl sites for hydroxylation is 2. The van der Waals surface area contributed by atoms with Gasteiger partial charge >= 0.3 is 0 Å². The van der Waals surface area contributed by atoms with Crippen molar-refractivity contribution in [3.63, 3.8) is 0 Å². The summed E-state index contributed by atoms with van der Waals surface area (Å²) < 4.78 is 0. The van der Waals surface area contributed by atoms with E-state index in [1.165, 1.54) is 65.6 Å². The average molecular weight is 358 g/mol. The number of pyridine rings is 1. The highest BCUT2D eigenvalue weighted by Crippen LogP contribution is 2.25. The third-order valence-electron chi connectivity index (χ3n) is 5.27. The predicted octanol–water partition coefficient (Wildman–Crippen LogP) is 7.49. The molecule has 0 unspecified atom stereocenters. The number of rotatable bonds is 9. The normalized spacial score (nSPS) is 10.9. The van der Waals surface area contributed by atoms with Gasteiger partial charge in [0.2, 0.25) is 0 Å². The Morgan fingerprint density at radius 1 is 0.593 bits per heavy atom. The Morgan fingerprint density at radius 2 is 1.15 bits per heavy atom. The van der Waals surface area contributed by atoms with Gasteiger partial charge in [-0.25, -0.2) is 0 Å². The van der Waals surface area contributed by atoms with Crippen LogP contribution in [-0.4, -0.2) is 4.98 Å². The topological polar surface area (TPSA) is 12.9 Å². The third kappa shape index (κ3) is 5.53. The highest BCUT2D eigenvalue weighted by Gasteiger charge is 2.02. The van der Waals surface area contributed by atoms with Crippen molar-refractivity contribution in [3.8, 4) is 22.3 Å². The van der Waals surface area contributed by atoms with E-state index < -0.39 is 0 Å². The molecule has 1 heterocycles. The van der Waals surface area contributed by atoms with Gasteiger partial charge in [-0.15, -0.1) is 0 Å². The molecular weight excluding hydrogens is 326 g/mol. The first kappa shape index (κ1) is 19.4. The minimum absolute atomic E-state index is 1.08. The third-order valence-corrected chi connectivity index (χ3v) is 5.27. The van der Waals surface area contributed by atoms with E-state index in [4.69, 9.17) is 0 Å². The molecule has 0 aliphatic rings. The van der Waals surface area contributed by atoms with Gasteiger partial charge in [-0.1, -0.05) is 94.1 Å². The molecule has 0 aliphatic heterocycles. The largest absolute Gasteiger partial charge is 0.261 e. The van der Waals surface area contributed by atoms with Crippen molar-refractivity contribution in [1.82, 2.24) is 4.98 Å². The molecule has 2 aromatic carbocycles. The average Bonchev–Trinajstić information content (AvgIpc) is 2.74. The van der Waals surface area contributed by atoms with E-state index in [1.54, 1.807) is 0 Å². The minimum atomic E-state index is 1.08. The zero-order valence-electron chi connectivity index (χ0n) is 16.7. The van der Waals surface area contributed by atoms with Crippen LogP contribution in [0.2, 0.25) is 0 Å². The van der Waals surface area contributed by atoms with Gasteiger partial charge in [-0.2, -0.15) is 0 Å². The second kappa shape index (κ2) is 10.1. The molecule has 140 valence electrons. The number of aromatic nitrogens is 1. The van der Waals surface area contributed by atoms with Crippen molar-refractivity contribution in [2.45, 2.75) is 58.8 Å². The Balaban J connectivity index is 1.61. The lowest BCUT2D eigenvalue weighted by atomic mass is 9.99. The number of nitrogens with zero attached hydrogens (tertiary/aromatic N) is 1. The Labute approximate surface area is 164 Å². The van der Waals surface area contributed by atoms with Gasteiger partial charge in [0.15, 0.2) is 0 Å². The van der Waals surface area contributed by atoms with E-state index >= 15 is 0 Å². The van der Waals surface area contributed by atoms with Crippen LogP contribution in [0.4, 0.5) is 0 Å². The second-order valence-electron chi connectivity index (χ2n) is 7.33. The molecule has 0 amide bonds.